The molecule has 2 saturated heterocycles. The minimum atomic E-state index is -0.314. The number of hydrogen-bond acceptors (Lipinski definition) is 4. The van der Waals surface area contributed by atoms with Crippen LogP contribution in [0.3, 0.4) is 0 Å². The summed E-state index contributed by atoms with van der Waals surface area (Å²) in [7, 11) is 1.46. The first-order valence-electron chi connectivity index (χ1n) is 7.12. The predicted octanol–water partition coefficient (Wildman–Crippen LogP) is 0.924. The summed E-state index contributed by atoms with van der Waals surface area (Å²) in [6.07, 6.45) is 0.922. The van der Waals surface area contributed by atoms with Gasteiger partial charge in [0.15, 0.2) is 11.6 Å². The average Bonchev–Trinajstić information content (AvgIpc) is 2.49. The molecule has 6 heteroatoms. The second kappa shape index (κ2) is 5.99. The molecular weight excluding hydrogens is 275 g/mol. The van der Waals surface area contributed by atoms with Crippen molar-refractivity contribution in [2.45, 2.75) is 25.1 Å². The first-order valence-corrected chi connectivity index (χ1v) is 7.12. The summed E-state index contributed by atoms with van der Waals surface area (Å²) in [4.78, 5) is 13.5. The lowest BCUT2D eigenvalue weighted by Gasteiger charge is -2.41. The number of piperidine rings is 1. The molecule has 0 aliphatic carbocycles. The van der Waals surface area contributed by atoms with E-state index in [0.29, 0.717) is 18.7 Å². The summed E-state index contributed by atoms with van der Waals surface area (Å²) in [5, 5.41) is 2.95. The van der Waals surface area contributed by atoms with Crippen molar-refractivity contribution in [3.8, 4) is 5.75 Å². The lowest BCUT2D eigenvalue weighted by Crippen LogP contribution is -2.60. The summed E-state index contributed by atoms with van der Waals surface area (Å²) in [6.45, 7) is 2.15. The van der Waals surface area contributed by atoms with Crippen molar-refractivity contribution >= 4 is 5.91 Å². The van der Waals surface area contributed by atoms with Crippen LogP contribution in [-0.2, 0) is 16.1 Å². The standard InChI is InChI=1S/C15H19FN2O3/c1-20-13-4-2-3-10(15(13)16)7-18-6-5-12-11(8-18)17-14(19)9-21-12/h2-4,11-12H,5-9H2,1H3,(H,17,19)/t11-,12-/m0/s1. The molecule has 0 bridgehead atoms. The summed E-state index contributed by atoms with van der Waals surface area (Å²) in [5.41, 5.74) is 0.607. The largest absolute Gasteiger partial charge is 0.494 e. The Hall–Kier alpha value is -1.66. The fourth-order valence-corrected chi connectivity index (χ4v) is 2.99. The molecule has 1 aromatic carbocycles. The van der Waals surface area contributed by atoms with Crippen molar-refractivity contribution in [3.63, 3.8) is 0 Å². The number of amides is 1. The van der Waals surface area contributed by atoms with Gasteiger partial charge in [0.1, 0.15) is 6.61 Å². The van der Waals surface area contributed by atoms with Gasteiger partial charge in [-0.25, -0.2) is 4.39 Å². The van der Waals surface area contributed by atoms with E-state index >= 15 is 0 Å². The van der Waals surface area contributed by atoms with Gasteiger partial charge in [-0.2, -0.15) is 0 Å². The highest BCUT2D eigenvalue weighted by Gasteiger charge is 2.34. The Morgan fingerprint density at radius 3 is 3.19 bits per heavy atom. The smallest absolute Gasteiger partial charge is 0.246 e. The molecule has 21 heavy (non-hydrogen) atoms. The minimum absolute atomic E-state index is 0.00586. The number of carbonyl (C=O) groups excluding carboxylic acids is 1. The van der Waals surface area contributed by atoms with E-state index in [1.807, 2.05) is 0 Å². The van der Waals surface area contributed by atoms with Gasteiger partial charge < -0.3 is 14.8 Å². The molecule has 114 valence electrons. The minimum Gasteiger partial charge on any atom is -0.494 e. The predicted molar refractivity (Wildman–Crippen MR) is 74.5 cm³/mol. The number of nitrogens with one attached hydrogen (secondary N) is 1. The highest BCUT2D eigenvalue weighted by molar-refractivity contribution is 5.78. The SMILES string of the molecule is COc1cccc(CN2CC[C@@H]3OCC(=O)N[C@H]3C2)c1F. The monoisotopic (exact) mass is 294 g/mol. The molecule has 2 heterocycles. The summed E-state index contributed by atoms with van der Waals surface area (Å²) >= 11 is 0. The number of fused-ring (bicyclic) bond motifs is 1. The molecule has 3 rings (SSSR count). The summed E-state index contributed by atoms with van der Waals surface area (Å²) in [6, 6.07) is 5.16. The van der Waals surface area contributed by atoms with Crippen molar-refractivity contribution in [2.24, 2.45) is 0 Å². The maximum Gasteiger partial charge on any atom is 0.246 e. The topological polar surface area (TPSA) is 50.8 Å². The highest BCUT2D eigenvalue weighted by Crippen LogP contribution is 2.24. The molecule has 1 amide bonds. The molecule has 0 spiro atoms. The van der Waals surface area contributed by atoms with Gasteiger partial charge in [0, 0.05) is 25.2 Å². The van der Waals surface area contributed by atoms with Crippen LogP contribution in [0, 0.1) is 5.82 Å². The van der Waals surface area contributed by atoms with Crippen LogP contribution in [0.4, 0.5) is 4.39 Å². The second-order valence-electron chi connectivity index (χ2n) is 5.48. The molecular formula is C15H19FN2O3. The normalized spacial score (nSPS) is 26.1. The molecule has 5 nitrogen and oxygen atoms in total. The van der Waals surface area contributed by atoms with Gasteiger partial charge in [0.2, 0.25) is 5.91 Å². The van der Waals surface area contributed by atoms with Gasteiger partial charge in [0.25, 0.3) is 0 Å². The average molecular weight is 294 g/mol. The number of nitrogens with zero attached hydrogens (tertiary/aromatic N) is 1. The van der Waals surface area contributed by atoms with Crippen LogP contribution in [0.25, 0.3) is 0 Å². The molecule has 0 aromatic heterocycles. The zero-order valence-electron chi connectivity index (χ0n) is 12.0. The third-order valence-electron chi connectivity index (χ3n) is 4.07. The fraction of sp³-hybridized carbons (Fsp3) is 0.533. The number of hydrogen-bond donors (Lipinski definition) is 1. The van der Waals surface area contributed by atoms with E-state index in [1.165, 1.54) is 7.11 Å². The van der Waals surface area contributed by atoms with Crippen LogP contribution in [0.2, 0.25) is 0 Å². The third kappa shape index (κ3) is 3.01. The molecule has 0 saturated carbocycles. The van der Waals surface area contributed by atoms with Gasteiger partial charge in [-0.05, 0) is 12.5 Å². The Bertz CT molecular complexity index is 538. The van der Waals surface area contributed by atoms with Gasteiger partial charge in [-0.1, -0.05) is 12.1 Å². The maximum absolute atomic E-state index is 14.2. The lowest BCUT2D eigenvalue weighted by atomic mass is 10.00. The number of halogens is 1. The maximum atomic E-state index is 14.2. The Kier molecular flexibility index (Phi) is 4.07. The molecule has 0 unspecified atom stereocenters. The van der Waals surface area contributed by atoms with Crippen molar-refractivity contribution in [3.05, 3.63) is 29.6 Å². The quantitative estimate of drug-likeness (QED) is 0.901. The van der Waals surface area contributed by atoms with E-state index in [1.54, 1.807) is 18.2 Å². The van der Waals surface area contributed by atoms with E-state index in [9.17, 15) is 9.18 Å². The van der Waals surface area contributed by atoms with Crippen molar-refractivity contribution < 1.29 is 18.7 Å². The van der Waals surface area contributed by atoms with Crippen LogP contribution >= 0.6 is 0 Å². The fourth-order valence-electron chi connectivity index (χ4n) is 2.99. The van der Waals surface area contributed by atoms with Crippen LogP contribution in [-0.4, -0.2) is 49.8 Å². The van der Waals surface area contributed by atoms with Crippen LogP contribution in [0.5, 0.6) is 5.75 Å². The molecule has 1 aromatic rings. The first-order chi connectivity index (χ1) is 10.2. The van der Waals surface area contributed by atoms with Crippen LogP contribution in [0.1, 0.15) is 12.0 Å². The van der Waals surface area contributed by atoms with E-state index in [2.05, 4.69) is 10.2 Å². The van der Waals surface area contributed by atoms with Crippen molar-refractivity contribution in [2.75, 3.05) is 26.8 Å². The molecule has 2 aliphatic heterocycles. The van der Waals surface area contributed by atoms with Gasteiger partial charge >= 0.3 is 0 Å². The summed E-state index contributed by atoms with van der Waals surface area (Å²) in [5.74, 6) is -0.131. The summed E-state index contributed by atoms with van der Waals surface area (Å²) < 4.78 is 24.7. The van der Waals surface area contributed by atoms with Crippen molar-refractivity contribution in [1.82, 2.24) is 10.2 Å². The lowest BCUT2D eigenvalue weighted by molar-refractivity contribution is -0.140. The molecule has 2 aliphatic rings. The van der Waals surface area contributed by atoms with Crippen LogP contribution in [0.15, 0.2) is 18.2 Å². The number of rotatable bonds is 3. The number of benzene rings is 1. The molecule has 2 atom stereocenters. The second-order valence-corrected chi connectivity index (χ2v) is 5.48. The molecule has 0 radical (unpaired) electrons. The van der Waals surface area contributed by atoms with E-state index in [-0.39, 0.29) is 36.2 Å². The van der Waals surface area contributed by atoms with E-state index in [0.717, 1.165) is 13.0 Å². The zero-order chi connectivity index (χ0) is 14.8. The van der Waals surface area contributed by atoms with Crippen molar-refractivity contribution in [1.29, 1.82) is 0 Å². The first kappa shape index (κ1) is 14.3. The third-order valence-corrected chi connectivity index (χ3v) is 4.07. The highest BCUT2D eigenvalue weighted by atomic mass is 19.1. The van der Waals surface area contributed by atoms with Gasteiger partial charge in [-0.3, -0.25) is 9.69 Å². The zero-order valence-corrected chi connectivity index (χ0v) is 12.0. The molecule has 1 N–H and O–H groups in total. The molecule has 2 fully saturated rings. The number of carbonyl (C=O) groups is 1. The Morgan fingerprint density at radius 2 is 2.38 bits per heavy atom. The van der Waals surface area contributed by atoms with Gasteiger partial charge in [0.05, 0.1) is 19.3 Å². The van der Waals surface area contributed by atoms with E-state index < -0.39 is 0 Å². The number of morpholine rings is 1. The number of likely N-dealkylation sites (tertiary alicyclic amines) is 1. The number of ether oxygens (including phenoxy) is 2. The Balaban J connectivity index is 1.67. The Labute approximate surface area is 123 Å². The van der Waals surface area contributed by atoms with E-state index in [4.69, 9.17) is 9.47 Å². The van der Waals surface area contributed by atoms with Gasteiger partial charge in [-0.15, -0.1) is 0 Å². The number of methoxy groups -OCH3 is 1. The Morgan fingerprint density at radius 1 is 1.52 bits per heavy atom. The van der Waals surface area contributed by atoms with Crippen LogP contribution < -0.4 is 10.1 Å².